The molecule has 2 aromatic heterocycles. The SMILES string of the molecule is c1ccc(-c2cc(-c3ccc(-c4cccc(-c5nc(-c6ccccc6)nc(-c6ccccc6)n5)c4)cc3)c(-c3ccccc3)c(-c3cccc4c3oc3ccccc34)c2)cc1. The molecule has 0 spiro atoms. The van der Waals surface area contributed by atoms with Crippen molar-refractivity contribution in [2.75, 3.05) is 0 Å². The maximum atomic E-state index is 6.67. The van der Waals surface area contributed by atoms with Crippen molar-refractivity contribution in [1.29, 1.82) is 0 Å². The van der Waals surface area contributed by atoms with Crippen LogP contribution in [0.2, 0.25) is 0 Å². The molecule has 0 unspecified atom stereocenters. The molecule has 11 rings (SSSR count). The van der Waals surface area contributed by atoms with Gasteiger partial charge in [0.1, 0.15) is 11.2 Å². The summed E-state index contributed by atoms with van der Waals surface area (Å²) in [5.41, 5.74) is 15.8. The normalized spacial score (nSPS) is 11.3. The Hall–Kier alpha value is -8.21. The Kier molecular flexibility index (Phi) is 9.14. The van der Waals surface area contributed by atoms with Gasteiger partial charge in [0.25, 0.3) is 0 Å². The number of hydrogen-bond acceptors (Lipinski definition) is 4. The van der Waals surface area contributed by atoms with Crippen molar-refractivity contribution >= 4 is 21.9 Å². The Labute approximate surface area is 354 Å². The lowest BCUT2D eigenvalue weighted by Gasteiger charge is -2.19. The van der Waals surface area contributed by atoms with Gasteiger partial charge in [0.15, 0.2) is 17.5 Å². The molecule has 0 bridgehead atoms. The lowest BCUT2D eigenvalue weighted by Crippen LogP contribution is -2.00. The fraction of sp³-hybridized carbons (Fsp3) is 0. The zero-order valence-corrected chi connectivity index (χ0v) is 33.1. The van der Waals surface area contributed by atoms with Crippen LogP contribution in [0.5, 0.6) is 0 Å². The van der Waals surface area contributed by atoms with E-state index in [2.05, 4.69) is 152 Å². The first-order valence-electron chi connectivity index (χ1n) is 20.5. The van der Waals surface area contributed by atoms with Crippen LogP contribution in [0.4, 0.5) is 0 Å². The maximum absolute atomic E-state index is 6.67. The van der Waals surface area contributed by atoms with Gasteiger partial charge in [-0.15, -0.1) is 0 Å². The van der Waals surface area contributed by atoms with Gasteiger partial charge in [0, 0.05) is 33.0 Å². The van der Waals surface area contributed by atoms with Gasteiger partial charge in [-0.1, -0.05) is 200 Å². The highest BCUT2D eigenvalue weighted by Crippen LogP contribution is 2.46. The van der Waals surface area contributed by atoms with E-state index >= 15 is 0 Å². The second-order valence-corrected chi connectivity index (χ2v) is 15.2. The second kappa shape index (κ2) is 15.5. The van der Waals surface area contributed by atoms with Gasteiger partial charge in [-0.2, -0.15) is 0 Å². The molecular weight excluding hydrogens is 743 g/mol. The van der Waals surface area contributed by atoms with Gasteiger partial charge in [-0.05, 0) is 74.3 Å². The Morgan fingerprint density at radius 2 is 0.721 bits per heavy atom. The zero-order chi connectivity index (χ0) is 40.5. The molecule has 61 heavy (non-hydrogen) atoms. The van der Waals surface area contributed by atoms with E-state index in [1.54, 1.807) is 0 Å². The Morgan fingerprint density at radius 1 is 0.262 bits per heavy atom. The summed E-state index contributed by atoms with van der Waals surface area (Å²) in [6.07, 6.45) is 0. The van der Waals surface area contributed by atoms with E-state index in [1.807, 2.05) is 72.8 Å². The lowest BCUT2D eigenvalue weighted by atomic mass is 9.84. The van der Waals surface area contributed by atoms with Gasteiger partial charge >= 0.3 is 0 Å². The van der Waals surface area contributed by atoms with Gasteiger partial charge in [0.2, 0.25) is 0 Å². The van der Waals surface area contributed by atoms with Crippen LogP contribution in [0.25, 0.3) is 112 Å². The van der Waals surface area contributed by atoms with Crippen molar-refractivity contribution < 1.29 is 4.42 Å². The third kappa shape index (κ3) is 6.86. The molecule has 0 aliphatic carbocycles. The van der Waals surface area contributed by atoms with Gasteiger partial charge in [0.05, 0.1) is 0 Å². The molecule has 0 saturated heterocycles. The molecule has 4 nitrogen and oxygen atoms in total. The van der Waals surface area contributed by atoms with E-state index in [9.17, 15) is 0 Å². The average Bonchev–Trinajstić information content (AvgIpc) is 3.74. The number of furan rings is 1. The molecule has 9 aromatic carbocycles. The summed E-state index contributed by atoms with van der Waals surface area (Å²) in [6.45, 7) is 0. The molecule has 0 saturated carbocycles. The molecular formula is C57H37N3O. The highest BCUT2D eigenvalue weighted by molar-refractivity contribution is 6.12. The fourth-order valence-corrected chi connectivity index (χ4v) is 8.37. The summed E-state index contributed by atoms with van der Waals surface area (Å²) >= 11 is 0. The monoisotopic (exact) mass is 779 g/mol. The molecule has 286 valence electrons. The lowest BCUT2D eigenvalue weighted by molar-refractivity contribution is 0.670. The van der Waals surface area contributed by atoms with Crippen LogP contribution in [0.1, 0.15) is 0 Å². The number of rotatable bonds is 8. The molecule has 0 fully saturated rings. The molecule has 2 heterocycles. The van der Waals surface area contributed by atoms with E-state index in [0.717, 1.165) is 94.3 Å². The molecule has 0 amide bonds. The van der Waals surface area contributed by atoms with Crippen LogP contribution in [-0.2, 0) is 0 Å². The molecule has 4 heteroatoms. The minimum atomic E-state index is 0.628. The Bertz CT molecular complexity index is 3270. The van der Waals surface area contributed by atoms with Crippen molar-refractivity contribution in [3.05, 3.63) is 224 Å². The van der Waals surface area contributed by atoms with Crippen LogP contribution in [-0.4, -0.2) is 15.0 Å². The van der Waals surface area contributed by atoms with Crippen molar-refractivity contribution in [1.82, 2.24) is 15.0 Å². The van der Waals surface area contributed by atoms with Crippen LogP contribution in [0.3, 0.4) is 0 Å². The summed E-state index contributed by atoms with van der Waals surface area (Å²) in [6, 6.07) is 78.4. The molecule has 11 aromatic rings. The van der Waals surface area contributed by atoms with Crippen LogP contribution in [0, 0.1) is 0 Å². The van der Waals surface area contributed by atoms with Gasteiger partial charge in [-0.3, -0.25) is 0 Å². The van der Waals surface area contributed by atoms with E-state index in [1.165, 1.54) is 0 Å². The zero-order valence-electron chi connectivity index (χ0n) is 33.1. The number of nitrogens with zero attached hydrogens (tertiary/aromatic N) is 3. The molecule has 0 aliphatic heterocycles. The van der Waals surface area contributed by atoms with E-state index in [-0.39, 0.29) is 0 Å². The molecule has 0 aliphatic rings. The minimum absolute atomic E-state index is 0.628. The Morgan fingerprint density at radius 3 is 1.38 bits per heavy atom. The summed E-state index contributed by atoms with van der Waals surface area (Å²) in [5, 5.41) is 2.22. The predicted octanol–water partition coefficient (Wildman–Crippen LogP) is 15.1. The summed E-state index contributed by atoms with van der Waals surface area (Å²) in [4.78, 5) is 14.9. The smallest absolute Gasteiger partial charge is 0.164 e. The van der Waals surface area contributed by atoms with Gasteiger partial charge < -0.3 is 4.42 Å². The quantitative estimate of drug-likeness (QED) is 0.154. The predicted molar refractivity (Wildman–Crippen MR) is 251 cm³/mol. The van der Waals surface area contributed by atoms with Crippen molar-refractivity contribution in [2.24, 2.45) is 0 Å². The molecule has 0 radical (unpaired) electrons. The highest BCUT2D eigenvalue weighted by Gasteiger charge is 2.21. The summed E-state index contributed by atoms with van der Waals surface area (Å²) in [5.74, 6) is 1.91. The molecule has 0 atom stereocenters. The van der Waals surface area contributed by atoms with Crippen molar-refractivity contribution in [2.45, 2.75) is 0 Å². The maximum Gasteiger partial charge on any atom is 0.164 e. The van der Waals surface area contributed by atoms with Gasteiger partial charge in [-0.25, -0.2) is 15.0 Å². The fourth-order valence-electron chi connectivity index (χ4n) is 8.37. The van der Waals surface area contributed by atoms with E-state index in [0.29, 0.717) is 17.5 Å². The Balaban J connectivity index is 1.05. The first kappa shape index (κ1) is 35.9. The largest absolute Gasteiger partial charge is 0.455 e. The second-order valence-electron chi connectivity index (χ2n) is 15.2. The first-order chi connectivity index (χ1) is 30.2. The van der Waals surface area contributed by atoms with E-state index < -0.39 is 0 Å². The number of benzene rings is 9. The molecule has 0 N–H and O–H groups in total. The van der Waals surface area contributed by atoms with Crippen molar-refractivity contribution in [3.8, 4) is 89.8 Å². The third-order valence-corrected chi connectivity index (χ3v) is 11.4. The topological polar surface area (TPSA) is 51.8 Å². The van der Waals surface area contributed by atoms with Crippen molar-refractivity contribution in [3.63, 3.8) is 0 Å². The number of aromatic nitrogens is 3. The minimum Gasteiger partial charge on any atom is -0.455 e. The number of para-hydroxylation sites is 2. The average molecular weight is 780 g/mol. The standard InChI is InChI=1S/C57H37N3O/c1-5-17-38(18-6-1)46-36-50(53(41-19-7-2-8-20-41)51(37-46)49-29-16-28-48-47-27-13-14-30-52(47)61-54(48)49)40-33-31-39(32-34-40)44-25-15-26-45(35-44)57-59-55(42-21-9-3-10-22-42)58-56(60-57)43-23-11-4-12-24-43/h1-37H. The van der Waals surface area contributed by atoms with Crippen LogP contribution < -0.4 is 0 Å². The van der Waals surface area contributed by atoms with Crippen LogP contribution >= 0.6 is 0 Å². The summed E-state index contributed by atoms with van der Waals surface area (Å²) < 4.78 is 6.67. The van der Waals surface area contributed by atoms with Crippen LogP contribution in [0.15, 0.2) is 229 Å². The highest BCUT2D eigenvalue weighted by atomic mass is 16.3. The number of hydrogen-bond donors (Lipinski definition) is 0. The third-order valence-electron chi connectivity index (χ3n) is 11.4. The summed E-state index contributed by atoms with van der Waals surface area (Å²) in [7, 11) is 0. The number of fused-ring (bicyclic) bond motifs is 3. The first-order valence-corrected chi connectivity index (χ1v) is 20.5. The van der Waals surface area contributed by atoms with E-state index in [4.69, 9.17) is 19.4 Å².